The number of urea groups is 1. The van der Waals surface area contributed by atoms with Crippen molar-refractivity contribution in [3.8, 4) is 0 Å². The molecule has 0 radical (unpaired) electrons. The van der Waals surface area contributed by atoms with Gasteiger partial charge in [0.2, 0.25) is 0 Å². The van der Waals surface area contributed by atoms with Gasteiger partial charge in [0.1, 0.15) is 0 Å². The van der Waals surface area contributed by atoms with E-state index < -0.39 is 5.97 Å². The van der Waals surface area contributed by atoms with E-state index in [0.717, 1.165) is 12.8 Å². The van der Waals surface area contributed by atoms with Crippen LogP contribution in [-0.4, -0.2) is 39.6 Å². The fraction of sp³-hybridized carbons (Fsp3) is 0.417. The van der Waals surface area contributed by atoms with Crippen LogP contribution >= 0.6 is 0 Å². The highest BCUT2D eigenvalue weighted by molar-refractivity contribution is 5.98. The Bertz CT molecular complexity index is 475. The van der Waals surface area contributed by atoms with Crippen molar-refractivity contribution >= 4 is 17.7 Å². The maximum Gasteiger partial charge on any atom is 0.356 e. The number of carbonyl (C=O) groups excluding carboxylic acids is 1. The number of hydrogen-bond donors (Lipinski definition) is 2. The van der Waals surface area contributed by atoms with Gasteiger partial charge in [0, 0.05) is 18.8 Å². The van der Waals surface area contributed by atoms with Crippen LogP contribution in [0.5, 0.6) is 0 Å². The first-order chi connectivity index (χ1) is 8.59. The molecule has 1 atom stereocenters. The first kappa shape index (κ1) is 12.3. The van der Waals surface area contributed by atoms with E-state index in [1.165, 1.54) is 12.3 Å². The Labute approximate surface area is 105 Å². The molecule has 1 aromatic rings. The Kier molecular flexibility index (Phi) is 3.45. The van der Waals surface area contributed by atoms with Crippen molar-refractivity contribution in [1.29, 1.82) is 0 Å². The molecule has 2 amide bonds. The van der Waals surface area contributed by atoms with Gasteiger partial charge in [0.15, 0.2) is 5.69 Å². The van der Waals surface area contributed by atoms with Gasteiger partial charge in [-0.25, -0.2) is 14.6 Å². The first-order valence-electron chi connectivity index (χ1n) is 5.85. The fourth-order valence-electron chi connectivity index (χ4n) is 2.10. The third kappa shape index (κ3) is 2.42. The van der Waals surface area contributed by atoms with E-state index in [0.29, 0.717) is 6.54 Å². The number of anilines is 1. The van der Waals surface area contributed by atoms with Crippen LogP contribution in [0.15, 0.2) is 18.3 Å². The summed E-state index contributed by atoms with van der Waals surface area (Å²) in [6.45, 7) is 2.68. The molecule has 6 nitrogen and oxygen atoms in total. The quantitative estimate of drug-likeness (QED) is 0.837. The second-order valence-electron chi connectivity index (χ2n) is 4.32. The summed E-state index contributed by atoms with van der Waals surface area (Å²) in [5, 5.41) is 11.6. The fourth-order valence-corrected chi connectivity index (χ4v) is 2.10. The van der Waals surface area contributed by atoms with Gasteiger partial charge in [-0.2, -0.15) is 0 Å². The summed E-state index contributed by atoms with van der Waals surface area (Å²) < 4.78 is 0. The van der Waals surface area contributed by atoms with E-state index in [9.17, 15) is 9.59 Å². The lowest BCUT2D eigenvalue weighted by Gasteiger charge is -2.22. The molecule has 0 aliphatic carbocycles. The van der Waals surface area contributed by atoms with Gasteiger partial charge >= 0.3 is 12.0 Å². The number of likely N-dealkylation sites (tertiary alicyclic amines) is 1. The summed E-state index contributed by atoms with van der Waals surface area (Å²) >= 11 is 0. The molecule has 0 spiro atoms. The molecule has 0 aromatic carbocycles. The maximum atomic E-state index is 12.0. The van der Waals surface area contributed by atoms with Gasteiger partial charge in [-0.1, -0.05) is 0 Å². The number of amides is 2. The molecule has 0 saturated carbocycles. The largest absolute Gasteiger partial charge is 0.476 e. The summed E-state index contributed by atoms with van der Waals surface area (Å²) in [6, 6.07) is 3.05. The number of carbonyl (C=O) groups is 2. The molecule has 1 aliphatic rings. The van der Waals surface area contributed by atoms with Crippen molar-refractivity contribution in [2.75, 3.05) is 11.9 Å². The molecular weight excluding hydrogens is 234 g/mol. The predicted molar refractivity (Wildman–Crippen MR) is 65.6 cm³/mol. The van der Waals surface area contributed by atoms with Crippen molar-refractivity contribution < 1.29 is 14.7 Å². The normalized spacial score (nSPS) is 18.7. The van der Waals surface area contributed by atoms with Crippen molar-refractivity contribution in [3.05, 3.63) is 24.0 Å². The van der Waals surface area contributed by atoms with Gasteiger partial charge in [-0.3, -0.25) is 0 Å². The lowest BCUT2D eigenvalue weighted by Crippen LogP contribution is -2.37. The zero-order valence-corrected chi connectivity index (χ0v) is 10.1. The van der Waals surface area contributed by atoms with Crippen LogP contribution in [-0.2, 0) is 0 Å². The smallest absolute Gasteiger partial charge is 0.356 e. The molecule has 2 heterocycles. The summed E-state index contributed by atoms with van der Waals surface area (Å²) in [5.41, 5.74) is 0.0896. The Morgan fingerprint density at radius 2 is 2.33 bits per heavy atom. The molecule has 96 valence electrons. The minimum absolute atomic E-state index is 0.141. The van der Waals surface area contributed by atoms with Crippen LogP contribution in [0.3, 0.4) is 0 Å². The standard InChI is InChI=1S/C12H15N3O3/c1-8-4-3-7-15(8)12(18)14-9-5-2-6-13-10(9)11(16)17/h2,5-6,8H,3-4,7H2,1H3,(H,14,18)(H,16,17). The minimum atomic E-state index is -1.15. The molecule has 6 heteroatoms. The molecular formula is C12H15N3O3. The minimum Gasteiger partial charge on any atom is -0.476 e. The second kappa shape index (κ2) is 5.03. The summed E-state index contributed by atoms with van der Waals surface area (Å²) in [7, 11) is 0. The number of carboxylic acids is 1. The Hall–Kier alpha value is -2.11. The number of nitrogens with zero attached hydrogens (tertiary/aromatic N) is 2. The van der Waals surface area contributed by atoms with E-state index in [4.69, 9.17) is 5.11 Å². The number of pyridine rings is 1. The molecule has 1 saturated heterocycles. The van der Waals surface area contributed by atoms with Gasteiger partial charge < -0.3 is 15.3 Å². The molecule has 1 unspecified atom stereocenters. The van der Waals surface area contributed by atoms with Crippen molar-refractivity contribution in [2.45, 2.75) is 25.8 Å². The van der Waals surface area contributed by atoms with Crippen molar-refractivity contribution in [2.24, 2.45) is 0 Å². The van der Waals surface area contributed by atoms with Crippen molar-refractivity contribution in [3.63, 3.8) is 0 Å². The monoisotopic (exact) mass is 249 g/mol. The average Bonchev–Trinajstić information content (AvgIpc) is 2.76. The van der Waals surface area contributed by atoms with Crippen LogP contribution in [0.25, 0.3) is 0 Å². The zero-order chi connectivity index (χ0) is 13.1. The summed E-state index contributed by atoms with van der Waals surface area (Å²) in [6.07, 6.45) is 3.34. The highest BCUT2D eigenvalue weighted by Gasteiger charge is 2.26. The van der Waals surface area contributed by atoms with Crippen LogP contribution in [0, 0.1) is 0 Å². The number of aromatic nitrogens is 1. The predicted octanol–water partition coefficient (Wildman–Crippen LogP) is 1.80. The van der Waals surface area contributed by atoms with E-state index >= 15 is 0 Å². The van der Waals surface area contributed by atoms with Gasteiger partial charge in [0.05, 0.1) is 5.69 Å². The second-order valence-corrected chi connectivity index (χ2v) is 4.32. The van der Waals surface area contributed by atoms with Crippen molar-refractivity contribution in [1.82, 2.24) is 9.88 Å². The summed E-state index contributed by atoms with van der Waals surface area (Å²) in [5.74, 6) is -1.15. The Balaban J connectivity index is 2.14. The SMILES string of the molecule is CC1CCCN1C(=O)Nc1cccnc1C(=O)O. The highest BCUT2D eigenvalue weighted by atomic mass is 16.4. The van der Waals surface area contributed by atoms with E-state index in [1.54, 1.807) is 11.0 Å². The first-order valence-corrected chi connectivity index (χ1v) is 5.85. The number of carboxylic acid groups (broad SMARTS) is 1. The maximum absolute atomic E-state index is 12.0. The Morgan fingerprint density at radius 1 is 1.56 bits per heavy atom. The zero-order valence-electron chi connectivity index (χ0n) is 10.1. The van der Waals surface area contributed by atoms with Crippen LogP contribution < -0.4 is 5.32 Å². The molecule has 2 rings (SSSR count). The average molecular weight is 249 g/mol. The molecule has 1 aliphatic heterocycles. The topological polar surface area (TPSA) is 82.5 Å². The summed E-state index contributed by atoms with van der Waals surface area (Å²) in [4.78, 5) is 28.4. The van der Waals surface area contributed by atoms with Gasteiger partial charge in [-0.15, -0.1) is 0 Å². The van der Waals surface area contributed by atoms with E-state index in [1.807, 2.05) is 6.92 Å². The number of hydrogen-bond acceptors (Lipinski definition) is 3. The highest BCUT2D eigenvalue weighted by Crippen LogP contribution is 2.19. The molecule has 2 N–H and O–H groups in total. The van der Waals surface area contributed by atoms with Gasteiger partial charge in [0.25, 0.3) is 0 Å². The Morgan fingerprint density at radius 3 is 2.94 bits per heavy atom. The van der Waals surface area contributed by atoms with Crippen LogP contribution in [0.4, 0.5) is 10.5 Å². The van der Waals surface area contributed by atoms with E-state index in [-0.39, 0.29) is 23.5 Å². The molecule has 0 bridgehead atoms. The van der Waals surface area contributed by atoms with Crippen LogP contribution in [0.1, 0.15) is 30.3 Å². The number of aromatic carboxylic acids is 1. The third-order valence-electron chi connectivity index (χ3n) is 3.07. The number of nitrogens with one attached hydrogen (secondary N) is 1. The lowest BCUT2D eigenvalue weighted by molar-refractivity contribution is 0.0691. The lowest BCUT2D eigenvalue weighted by atomic mass is 10.2. The molecule has 18 heavy (non-hydrogen) atoms. The number of rotatable bonds is 2. The molecule has 1 fully saturated rings. The molecule has 1 aromatic heterocycles. The van der Waals surface area contributed by atoms with Gasteiger partial charge in [-0.05, 0) is 31.9 Å². The third-order valence-corrected chi connectivity index (χ3v) is 3.07. The van der Waals surface area contributed by atoms with E-state index in [2.05, 4.69) is 10.3 Å². The van der Waals surface area contributed by atoms with Crippen LogP contribution in [0.2, 0.25) is 0 Å².